The zero-order valence-electron chi connectivity index (χ0n) is 28.8. The number of benzene rings is 2. The molecular weight excluding hydrogens is 646 g/mol. The molecule has 264 valence electrons. The molecule has 0 saturated carbocycles. The number of unbranched alkanes of at least 4 members (excludes halogenated alkanes) is 1. The molecule has 0 aliphatic heterocycles. The monoisotopic (exact) mass is 693 g/mol. The van der Waals surface area contributed by atoms with Crippen LogP contribution < -0.4 is 0 Å². The summed E-state index contributed by atoms with van der Waals surface area (Å²) in [5.41, 5.74) is 4.33. The number of hydrogen-bond donors (Lipinski definition) is 0. The van der Waals surface area contributed by atoms with E-state index >= 15 is 0 Å². The van der Waals surface area contributed by atoms with E-state index in [9.17, 15) is 35.1 Å². The second kappa shape index (κ2) is 20.4. The Hall–Kier alpha value is -2.94. The highest BCUT2D eigenvalue weighted by Crippen LogP contribution is 2.37. The highest BCUT2D eigenvalue weighted by atomic mass is 35.5. The van der Waals surface area contributed by atoms with Gasteiger partial charge in [0.1, 0.15) is 5.71 Å². The molecule has 1 nitrogen and oxygen atoms in total. The van der Waals surface area contributed by atoms with Crippen molar-refractivity contribution in [2.24, 2.45) is 4.99 Å². The highest BCUT2D eigenvalue weighted by molar-refractivity contribution is 6.30. The summed E-state index contributed by atoms with van der Waals surface area (Å²) in [6.07, 6.45) is -2.30. The molecule has 2 rings (SSSR count). The van der Waals surface area contributed by atoms with Gasteiger partial charge in [0.2, 0.25) is 0 Å². The standard InChI is InChI=1S/C24H29ClF2.C9H14F3N.C4H5F3/c1-6-8-9-20(22-14-19(25)12-11-18(22)7-2)16(4)17(5)21-13-10-15(3)23(26)24(21)27;1-4-6-7(3)13-8(5-2)9(10,11)12;1-3(2)4(5,6)7/h10-14,17H,6-9H2,1-5H3;6H,4-5H2,1-3H3;1H2,2H3/b20-16+;7-6+,13-8?;/t17-;;/m1../s1. The van der Waals surface area contributed by atoms with E-state index in [1.807, 2.05) is 32.9 Å². The average molecular weight is 694 g/mol. The number of alkyl halides is 6. The van der Waals surface area contributed by atoms with Crippen molar-refractivity contribution >= 4 is 22.9 Å². The van der Waals surface area contributed by atoms with Gasteiger partial charge in [-0.15, -0.1) is 0 Å². The molecule has 0 fully saturated rings. The van der Waals surface area contributed by atoms with Crippen LogP contribution >= 0.6 is 11.6 Å². The van der Waals surface area contributed by atoms with E-state index in [-0.39, 0.29) is 12.3 Å². The summed E-state index contributed by atoms with van der Waals surface area (Å²) < 4.78 is 98.4. The fraction of sp³-hybridized carbons (Fsp3) is 0.486. The molecule has 0 aromatic heterocycles. The first-order chi connectivity index (χ1) is 21.7. The second-order valence-electron chi connectivity index (χ2n) is 11.2. The molecule has 0 bridgehead atoms. The maximum Gasteiger partial charge on any atom is 0.429 e. The van der Waals surface area contributed by atoms with Crippen molar-refractivity contribution in [3.05, 3.63) is 98.7 Å². The zero-order chi connectivity index (χ0) is 36.7. The second-order valence-corrected chi connectivity index (χ2v) is 11.6. The van der Waals surface area contributed by atoms with Crippen LogP contribution in [0, 0.1) is 18.6 Å². The molecule has 0 aliphatic rings. The number of rotatable bonds is 10. The maximum atomic E-state index is 14.6. The molecule has 0 aliphatic carbocycles. The number of aryl methyl sites for hydroxylation is 2. The Balaban J connectivity index is 0.000000875. The van der Waals surface area contributed by atoms with E-state index in [4.69, 9.17) is 11.6 Å². The summed E-state index contributed by atoms with van der Waals surface area (Å²) in [5.74, 6) is -1.70. The van der Waals surface area contributed by atoms with Crippen LogP contribution in [0.2, 0.25) is 5.02 Å². The van der Waals surface area contributed by atoms with E-state index in [2.05, 4.69) is 31.5 Å². The van der Waals surface area contributed by atoms with Crippen LogP contribution in [0.15, 0.2) is 64.8 Å². The van der Waals surface area contributed by atoms with Gasteiger partial charge < -0.3 is 0 Å². The third-order valence-electron chi connectivity index (χ3n) is 7.41. The molecule has 1 atom stereocenters. The van der Waals surface area contributed by atoms with Gasteiger partial charge in [-0.25, -0.2) is 8.78 Å². The van der Waals surface area contributed by atoms with Gasteiger partial charge in [-0.1, -0.05) is 89.1 Å². The number of aliphatic imine (C=N–C) groups is 1. The topological polar surface area (TPSA) is 12.4 Å². The smallest absolute Gasteiger partial charge is 0.253 e. The van der Waals surface area contributed by atoms with Crippen LogP contribution in [0.5, 0.6) is 0 Å². The van der Waals surface area contributed by atoms with E-state index in [1.165, 1.54) is 18.1 Å². The molecule has 0 unspecified atom stereocenters. The Labute approximate surface area is 280 Å². The Morgan fingerprint density at radius 1 is 0.915 bits per heavy atom. The van der Waals surface area contributed by atoms with Gasteiger partial charge in [0.15, 0.2) is 11.6 Å². The van der Waals surface area contributed by atoms with E-state index in [0.717, 1.165) is 43.7 Å². The van der Waals surface area contributed by atoms with Gasteiger partial charge >= 0.3 is 12.4 Å². The van der Waals surface area contributed by atoms with Crippen LogP contribution in [0.3, 0.4) is 0 Å². The van der Waals surface area contributed by atoms with Gasteiger partial charge in [-0.2, -0.15) is 26.3 Å². The minimum atomic E-state index is -4.29. The molecule has 0 radical (unpaired) electrons. The summed E-state index contributed by atoms with van der Waals surface area (Å²) in [7, 11) is 0. The Kier molecular flexibility index (Phi) is 19.2. The first-order valence-corrected chi connectivity index (χ1v) is 16.0. The minimum Gasteiger partial charge on any atom is -0.253 e. The summed E-state index contributed by atoms with van der Waals surface area (Å²) in [6, 6.07) is 9.34. The third-order valence-corrected chi connectivity index (χ3v) is 7.65. The predicted molar refractivity (Wildman–Crippen MR) is 181 cm³/mol. The molecule has 47 heavy (non-hydrogen) atoms. The Morgan fingerprint density at radius 3 is 1.94 bits per heavy atom. The third kappa shape index (κ3) is 14.8. The largest absolute Gasteiger partial charge is 0.429 e. The lowest BCUT2D eigenvalue weighted by molar-refractivity contribution is -0.0909. The lowest BCUT2D eigenvalue weighted by Gasteiger charge is -2.22. The van der Waals surface area contributed by atoms with Crippen molar-refractivity contribution in [1.82, 2.24) is 0 Å². The number of nitrogens with zero attached hydrogens (tertiary/aromatic N) is 1. The van der Waals surface area contributed by atoms with Crippen molar-refractivity contribution < 1.29 is 35.1 Å². The van der Waals surface area contributed by atoms with Gasteiger partial charge in [-0.3, -0.25) is 4.99 Å². The normalized spacial score (nSPS) is 13.6. The molecule has 0 spiro atoms. The number of allylic oxidation sites excluding steroid dienone is 5. The predicted octanol–water partition coefficient (Wildman–Crippen LogP) is 14.1. The molecule has 0 heterocycles. The molecular formula is C37H48ClF8N. The lowest BCUT2D eigenvalue weighted by Crippen LogP contribution is -2.22. The first-order valence-electron chi connectivity index (χ1n) is 15.6. The molecule has 0 N–H and O–H groups in total. The van der Waals surface area contributed by atoms with Crippen molar-refractivity contribution in [3.63, 3.8) is 0 Å². The Bertz CT molecular complexity index is 1400. The van der Waals surface area contributed by atoms with E-state index in [0.29, 0.717) is 28.3 Å². The number of hydrogen-bond acceptors (Lipinski definition) is 1. The Morgan fingerprint density at radius 2 is 1.49 bits per heavy atom. The van der Waals surface area contributed by atoms with E-state index in [1.54, 1.807) is 32.1 Å². The molecule has 10 heteroatoms. The van der Waals surface area contributed by atoms with Crippen LogP contribution in [0.1, 0.15) is 116 Å². The summed E-state index contributed by atoms with van der Waals surface area (Å²) in [5, 5.41) is 0.698. The SMILES string of the molecule is C=C(C)C(F)(F)F.CC/C=C(\C)N=C(CC)C(F)(F)F.CCCC/C(=C(/C)[C@@H](C)c1ccc(C)c(F)c1F)c1cc(Cl)ccc1CC. The maximum absolute atomic E-state index is 14.6. The van der Waals surface area contributed by atoms with Crippen molar-refractivity contribution in [2.45, 2.75) is 119 Å². The summed E-state index contributed by atoms with van der Waals surface area (Å²) >= 11 is 6.28. The summed E-state index contributed by atoms with van der Waals surface area (Å²) in [4.78, 5) is 3.51. The zero-order valence-corrected chi connectivity index (χ0v) is 29.6. The molecule has 0 saturated heterocycles. The van der Waals surface area contributed by atoms with Gasteiger partial charge in [-0.05, 0) is 99.8 Å². The van der Waals surface area contributed by atoms with Crippen molar-refractivity contribution in [1.29, 1.82) is 0 Å². The fourth-order valence-corrected chi connectivity index (χ4v) is 4.59. The van der Waals surface area contributed by atoms with Crippen LogP contribution in [0.25, 0.3) is 5.57 Å². The number of halogens is 9. The fourth-order valence-electron chi connectivity index (χ4n) is 4.42. The average Bonchev–Trinajstić information content (AvgIpc) is 2.98. The van der Waals surface area contributed by atoms with Crippen LogP contribution in [-0.2, 0) is 6.42 Å². The first kappa shape index (κ1) is 44.1. The van der Waals surface area contributed by atoms with E-state index < -0.39 is 35.3 Å². The van der Waals surface area contributed by atoms with Gasteiger partial charge in [0.25, 0.3) is 0 Å². The van der Waals surface area contributed by atoms with Crippen molar-refractivity contribution in [2.75, 3.05) is 0 Å². The molecule has 2 aromatic carbocycles. The van der Waals surface area contributed by atoms with Crippen LogP contribution in [-0.4, -0.2) is 18.1 Å². The summed E-state index contributed by atoms with van der Waals surface area (Å²) in [6.45, 7) is 18.4. The minimum absolute atomic E-state index is 0.0849. The lowest BCUT2D eigenvalue weighted by atomic mass is 9.84. The molecule has 0 amide bonds. The quantitative estimate of drug-likeness (QED) is 0.133. The highest BCUT2D eigenvalue weighted by Gasteiger charge is 2.34. The molecule has 2 aromatic rings. The van der Waals surface area contributed by atoms with Gasteiger partial charge in [0, 0.05) is 22.2 Å². The van der Waals surface area contributed by atoms with Gasteiger partial charge in [0.05, 0.1) is 0 Å². The van der Waals surface area contributed by atoms with Crippen LogP contribution in [0.4, 0.5) is 35.1 Å². The van der Waals surface area contributed by atoms with Crippen molar-refractivity contribution in [3.8, 4) is 0 Å².